The monoisotopic (exact) mass is 533 g/mol. The predicted molar refractivity (Wildman–Crippen MR) is 172 cm³/mol. The van der Waals surface area contributed by atoms with Gasteiger partial charge in [0.15, 0.2) is 0 Å². The third kappa shape index (κ3) is 5.13. The van der Waals surface area contributed by atoms with Crippen LogP contribution >= 0.6 is 0 Å². The average molecular weight is 534 g/mol. The SMILES string of the molecule is CN(/N=C/c1ccc2c(c1)c1ccccc1n2CCC[Si](C)(C)[Si](C)(C)c1ccccc1)c1ccccc1. The highest BCUT2D eigenvalue weighted by Crippen LogP contribution is 2.31. The number of hydrazone groups is 1. The maximum absolute atomic E-state index is 4.69. The highest BCUT2D eigenvalue weighted by molar-refractivity contribution is 7.45. The molecule has 0 N–H and O–H groups in total. The van der Waals surface area contributed by atoms with E-state index < -0.39 is 15.2 Å². The Hall–Kier alpha value is -3.42. The summed E-state index contributed by atoms with van der Waals surface area (Å²) in [5.74, 6) is 0. The van der Waals surface area contributed by atoms with Crippen LogP contribution in [-0.4, -0.2) is 33.0 Å². The Morgan fingerprint density at radius 1 is 0.737 bits per heavy atom. The normalized spacial score (nSPS) is 12.6. The van der Waals surface area contributed by atoms with Gasteiger partial charge in [-0.15, -0.1) is 0 Å². The molecule has 0 amide bonds. The fourth-order valence-electron chi connectivity index (χ4n) is 5.49. The van der Waals surface area contributed by atoms with Gasteiger partial charge >= 0.3 is 0 Å². The molecule has 3 nitrogen and oxygen atoms in total. The summed E-state index contributed by atoms with van der Waals surface area (Å²) in [5.41, 5.74) is 4.84. The lowest BCUT2D eigenvalue weighted by Crippen LogP contribution is -2.62. The van der Waals surface area contributed by atoms with Crippen molar-refractivity contribution in [3.8, 4) is 0 Å². The first-order chi connectivity index (χ1) is 18.3. The summed E-state index contributed by atoms with van der Waals surface area (Å²) in [6, 6.07) is 38.5. The first-order valence-electron chi connectivity index (χ1n) is 13.7. The van der Waals surface area contributed by atoms with E-state index in [2.05, 4.69) is 116 Å². The van der Waals surface area contributed by atoms with E-state index in [1.807, 2.05) is 36.5 Å². The lowest BCUT2D eigenvalue weighted by molar-refractivity contribution is 0.718. The van der Waals surface area contributed by atoms with Gasteiger partial charge in [0.05, 0.1) is 19.5 Å². The smallest absolute Gasteiger partial charge is 0.0738 e. The van der Waals surface area contributed by atoms with E-state index in [1.54, 1.807) is 5.19 Å². The lowest BCUT2D eigenvalue weighted by Gasteiger charge is -2.39. The summed E-state index contributed by atoms with van der Waals surface area (Å²) in [4.78, 5) is 0. The quantitative estimate of drug-likeness (QED) is 0.107. The van der Waals surface area contributed by atoms with Gasteiger partial charge in [-0.3, -0.25) is 5.01 Å². The number of aryl methyl sites for hydroxylation is 1. The molecule has 0 unspecified atom stereocenters. The van der Waals surface area contributed by atoms with E-state index in [0.717, 1.165) is 17.8 Å². The topological polar surface area (TPSA) is 20.5 Å². The molecule has 0 spiro atoms. The maximum atomic E-state index is 4.69. The van der Waals surface area contributed by atoms with Crippen molar-refractivity contribution in [1.29, 1.82) is 0 Å². The molecule has 38 heavy (non-hydrogen) atoms. The minimum atomic E-state index is -1.48. The van der Waals surface area contributed by atoms with Gasteiger partial charge in [0.25, 0.3) is 0 Å². The van der Waals surface area contributed by atoms with Crippen molar-refractivity contribution < 1.29 is 0 Å². The van der Waals surface area contributed by atoms with Crippen molar-refractivity contribution in [2.24, 2.45) is 5.10 Å². The van der Waals surface area contributed by atoms with Crippen molar-refractivity contribution in [1.82, 2.24) is 4.57 Å². The van der Waals surface area contributed by atoms with Crippen LogP contribution in [0.25, 0.3) is 21.8 Å². The fraction of sp³-hybridized carbons (Fsp3) is 0.242. The van der Waals surface area contributed by atoms with Gasteiger partial charge in [0.1, 0.15) is 0 Å². The maximum Gasteiger partial charge on any atom is 0.0738 e. The van der Waals surface area contributed by atoms with Crippen molar-refractivity contribution in [3.63, 3.8) is 0 Å². The molecule has 4 aromatic carbocycles. The van der Waals surface area contributed by atoms with Crippen LogP contribution < -0.4 is 10.2 Å². The van der Waals surface area contributed by atoms with Crippen LogP contribution in [0.15, 0.2) is 108 Å². The van der Waals surface area contributed by atoms with E-state index in [9.17, 15) is 0 Å². The molecule has 0 radical (unpaired) electrons. The molecule has 5 rings (SSSR count). The Labute approximate surface area is 229 Å². The summed E-state index contributed by atoms with van der Waals surface area (Å²) in [6.45, 7) is 11.5. The summed E-state index contributed by atoms with van der Waals surface area (Å²) >= 11 is 0. The van der Waals surface area contributed by atoms with Gasteiger partial charge in [-0.05, 0) is 42.3 Å². The summed E-state index contributed by atoms with van der Waals surface area (Å²) in [7, 11) is -0.882. The number of nitrogens with zero attached hydrogens (tertiary/aromatic N) is 3. The zero-order valence-corrected chi connectivity index (χ0v) is 25.4. The van der Waals surface area contributed by atoms with E-state index in [1.165, 1.54) is 34.3 Å². The van der Waals surface area contributed by atoms with Crippen LogP contribution in [0.3, 0.4) is 0 Å². The second kappa shape index (κ2) is 10.8. The van der Waals surface area contributed by atoms with Gasteiger partial charge in [-0.1, -0.05) is 110 Å². The largest absolute Gasteiger partial charge is 0.340 e. The second-order valence-electron chi connectivity index (χ2n) is 11.5. The highest BCUT2D eigenvalue weighted by Gasteiger charge is 2.41. The number of rotatable bonds is 9. The van der Waals surface area contributed by atoms with Crippen LogP contribution in [0.5, 0.6) is 0 Å². The molecule has 0 saturated carbocycles. The lowest BCUT2D eigenvalue weighted by atomic mass is 10.1. The average Bonchev–Trinajstić information content (AvgIpc) is 3.25. The van der Waals surface area contributed by atoms with E-state index in [-0.39, 0.29) is 0 Å². The Bertz CT molecular complexity index is 1550. The van der Waals surface area contributed by atoms with Crippen molar-refractivity contribution in [2.45, 2.75) is 45.2 Å². The Kier molecular flexibility index (Phi) is 7.41. The van der Waals surface area contributed by atoms with Crippen molar-refractivity contribution >= 4 is 54.1 Å². The van der Waals surface area contributed by atoms with E-state index >= 15 is 0 Å². The molecule has 0 aliphatic carbocycles. The van der Waals surface area contributed by atoms with Crippen molar-refractivity contribution in [3.05, 3.63) is 109 Å². The molecular formula is C33H39N3Si2. The highest BCUT2D eigenvalue weighted by atomic mass is 29.3. The van der Waals surface area contributed by atoms with Gasteiger partial charge in [0, 0.05) is 43.0 Å². The Morgan fingerprint density at radius 3 is 2.11 bits per heavy atom. The molecule has 5 aromatic rings. The number of para-hydroxylation sites is 2. The molecule has 0 aliphatic rings. The minimum Gasteiger partial charge on any atom is -0.340 e. The molecule has 1 aromatic heterocycles. The van der Waals surface area contributed by atoms with E-state index in [4.69, 9.17) is 5.10 Å². The number of hydrogen-bond donors (Lipinski definition) is 0. The first-order valence-corrected chi connectivity index (χ1v) is 20.9. The van der Waals surface area contributed by atoms with Gasteiger partial charge < -0.3 is 4.57 Å². The molecule has 0 bridgehead atoms. The number of aromatic nitrogens is 1. The molecule has 0 atom stereocenters. The molecule has 0 saturated heterocycles. The molecule has 1 heterocycles. The van der Waals surface area contributed by atoms with Crippen LogP contribution in [0.4, 0.5) is 5.69 Å². The van der Waals surface area contributed by atoms with Gasteiger partial charge in [-0.25, -0.2) is 0 Å². The number of benzene rings is 4. The zero-order valence-electron chi connectivity index (χ0n) is 23.4. The van der Waals surface area contributed by atoms with E-state index in [0.29, 0.717) is 0 Å². The predicted octanol–water partition coefficient (Wildman–Crippen LogP) is 8.06. The zero-order chi connectivity index (χ0) is 26.8. The first kappa shape index (κ1) is 26.2. The van der Waals surface area contributed by atoms with Crippen molar-refractivity contribution in [2.75, 3.05) is 12.1 Å². The third-order valence-electron chi connectivity index (χ3n) is 8.68. The molecule has 5 heteroatoms. The molecular weight excluding hydrogens is 495 g/mol. The number of hydrogen-bond acceptors (Lipinski definition) is 2. The summed E-state index contributed by atoms with van der Waals surface area (Å²) in [5, 5.41) is 10.9. The summed E-state index contributed by atoms with van der Waals surface area (Å²) < 4.78 is 2.54. The molecule has 0 aliphatic heterocycles. The Morgan fingerprint density at radius 2 is 1.37 bits per heavy atom. The number of fused-ring (bicyclic) bond motifs is 3. The second-order valence-corrected chi connectivity index (χ2v) is 27.4. The molecule has 194 valence electrons. The number of anilines is 1. The van der Waals surface area contributed by atoms with Gasteiger partial charge in [0.2, 0.25) is 0 Å². The van der Waals surface area contributed by atoms with Crippen LogP contribution in [-0.2, 0) is 6.54 Å². The standard InChI is InChI=1S/C33H39N3Si2/c1-35(28-15-8-6-9-16-28)34-26-27-21-22-33-31(25-27)30-19-12-13-20-32(30)36(33)23-14-24-37(2,3)38(4,5)29-17-10-7-11-18-29/h6-13,15-22,25-26H,14,23-24H2,1-5H3/b34-26+. The summed E-state index contributed by atoms with van der Waals surface area (Å²) in [6.07, 6.45) is 3.18. The third-order valence-corrected chi connectivity index (χ3v) is 27.2. The van der Waals surface area contributed by atoms with Crippen LogP contribution in [0.2, 0.25) is 32.2 Å². The van der Waals surface area contributed by atoms with Crippen LogP contribution in [0, 0.1) is 0 Å². The Balaban J connectivity index is 1.38. The fourth-order valence-corrected chi connectivity index (χ4v) is 14.2. The minimum absolute atomic E-state index is 1.06. The molecule has 0 fully saturated rings. The van der Waals surface area contributed by atoms with Crippen LogP contribution in [0.1, 0.15) is 12.0 Å². The van der Waals surface area contributed by atoms with Gasteiger partial charge in [-0.2, -0.15) is 5.10 Å².